The molecule has 1 fully saturated rings. The summed E-state index contributed by atoms with van der Waals surface area (Å²) in [6.45, 7) is 3.95. The molecule has 19 heavy (non-hydrogen) atoms. The molecular weight excluding hydrogens is 244 g/mol. The molecule has 2 heterocycles. The Morgan fingerprint density at radius 1 is 1.47 bits per heavy atom. The molecule has 2 atom stereocenters. The number of carbonyl (C=O) groups excluding carboxylic acids is 2. The Kier molecular flexibility index (Phi) is 3.80. The van der Waals surface area contributed by atoms with Gasteiger partial charge in [-0.05, 0) is 32.5 Å². The summed E-state index contributed by atoms with van der Waals surface area (Å²) in [6.07, 6.45) is 1.76. The van der Waals surface area contributed by atoms with Crippen molar-refractivity contribution >= 4 is 17.6 Å². The molecule has 2 N–H and O–H groups in total. The molecule has 0 bridgehead atoms. The number of pyridine rings is 1. The third-order valence-corrected chi connectivity index (χ3v) is 3.42. The van der Waals surface area contributed by atoms with Crippen molar-refractivity contribution in [2.45, 2.75) is 25.9 Å². The van der Waals surface area contributed by atoms with Gasteiger partial charge in [-0.3, -0.25) is 14.9 Å². The topological polar surface area (TPSA) is 74.3 Å². The van der Waals surface area contributed by atoms with Gasteiger partial charge in [0.15, 0.2) is 0 Å². The minimum atomic E-state index is -0.391. The zero-order valence-corrected chi connectivity index (χ0v) is 11.3. The van der Waals surface area contributed by atoms with Gasteiger partial charge in [0.05, 0.1) is 6.54 Å². The van der Waals surface area contributed by atoms with Gasteiger partial charge in [0.1, 0.15) is 11.9 Å². The van der Waals surface area contributed by atoms with E-state index in [0.717, 1.165) is 5.56 Å². The van der Waals surface area contributed by atoms with Crippen LogP contribution < -0.4 is 15.5 Å². The molecule has 1 aliphatic heterocycles. The maximum absolute atomic E-state index is 11.6. The van der Waals surface area contributed by atoms with Gasteiger partial charge in [-0.2, -0.15) is 0 Å². The number of carbonyl (C=O) groups is 2. The van der Waals surface area contributed by atoms with Gasteiger partial charge in [-0.25, -0.2) is 4.98 Å². The minimum Gasteiger partial charge on any atom is -0.336 e. The van der Waals surface area contributed by atoms with Crippen LogP contribution in [0.4, 0.5) is 5.82 Å². The lowest BCUT2D eigenvalue weighted by atomic mass is 10.1. The molecule has 0 aliphatic carbocycles. The number of piperazine rings is 1. The number of nitrogens with zero attached hydrogens (tertiary/aromatic N) is 2. The number of imide groups is 1. The van der Waals surface area contributed by atoms with E-state index in [0.29, 0.717) is 5.82 Å². The Morgan fingerprint density at radius 2 is 2.21 bits per heavy atom. The van der Waals surface area contributed by atoms with E-state index in [2.05, 4.69) is 15.6 Å². The van der Waals surface area contributed by atoms with Gasteiger partial charge in [-0.15, -0.1) is 0 Å². The van der Waals surface area contributed by atoms with Gasteiger partial charge in [0, 0.05) is 12.2 Å². The Balaban J connectivity index is 2.21. The Bertz CT molecular complexity index is 486. The van der Waals surface area contributed by atoms with Crippen LogP contribution in [0.25, 0.3) is 0 Å². The predicted octanol–water partition coefficient (Wildman–Crippen LogP) is 0.213. The third-order valence-electron chi connectivity index (χ3n) is 3.42. The second-order valence-electron chi connectivity index (χ2n) is 4.68. The molecule has 0 aromatic carbocycles. The molecule has 1 saturated heterocycles. The largest absolute Gasteiger partial charge is 0.336 e. The van der Waals surface area contributed by atoms with Gasteiger partial charge in [0.25, 0.3) is 0 Å². The SMILES string of the molecule is CNC(C)c1ccc(N2CC(=O)NC(=O)C2C)nc1. The lowest BCUT2D eigenvalue weighted by Gasteiger charge is -2.32. The first kappa shape index (κ1) is 13.5. The number of hydrogen-bond donors (Lipinski definition) is 2. The number of anilines is 1. The van der Waals surface area contributed by atoms with Crippen molar-refractivity contribution < 1.29 is 9.59 Å². The van der Waals surface area contributed by atoms with Crippen molar-refractivity contribution in [2.75, 3.05) is 18.5 Å². The normalized spacial score (nSPS) is 21.2. The number of amides is 2. The molecule has 2 rings (SSSR count). The number of rotatable bonds is 3. The zero-order chi connectivity index (χ0) is 14.0. The highest BCUT2D eigenvalue weighted by Gasteiger charge is 2.30. The quantitative estimate of drug-likeness (QED) is 0.762. The van der Waals surface area contributed by atoms with Crippen LogP contribution in [0.3, 0.4) is 0 Å². The predicted molar refractivity (Wildman–Crippen MR) is 71.7 cm³/mol. The molecule has 2 unspecified atom stereocenters. The number of hydrogen-bond acceptors (Lipinski definition) is 5. The van der Waals surface area contributed by atoms with Crippen molar-refractivity contribution in [2.24, 2.45) is 0 Å². The smallest absolute Gasteiger partial charge is 0.249 e. The molecule has 0 saturated carbocycles. The maximum Gasteiger partial charge on any atom is 0.249 e. The maximum atomic E-state index is 11.6. The first-order chi connectivity index (χ1) is 9.02. The summed E-state index contributed by atoms with van der Waals surface area (Å²) in [5.41, 5.74) is 1.06. The summed E-state index contributed by atoms with van der Waals surface area (Å²) in [4.78, 5) is 29.1. The van der Waals surface area contributed by atoms with Crippen LogP contribution in [0.5, 0.6) is 0 Å². The van der Waals surface area contributed by atoms with E-state index in [-0.39, 0.29) is 24.4 Å². The number of nitrogens with one attached hydrogen (secondary N) is 2. The first-order valence-corrected chi connectivity index (χ1v) is 6.26. The van der Waals surface area contributed by atoms with Crippen LogP contribution in [0, 0.1) is 0 Å². The van der Waals surface area contributed by atoms with E-state index >= 15 is 0 Å². The van der Waals surface area contributed by atoms with Crippen LogP contribution >= 0.6 is 0 Å². The third kappa shape index (κ3) is 2.73. The van der Waals surface area contributed by atoms with E-state index in [1.807, 2.05) is 26.1 Å². The minimum absolute atomic E-state index is 0.154. The van der Waals surface area contributed by atoms with E-state index in [9.17, 15) is 9.59 Å². The van der Waals surface area contributed by atoms with Gasteiger partial charge >= 0.3 is 0 Å². The van der Waals surface area contributed by atoms with Crippen molar-refractivity contribution in [1.29, 1.82) is 0 Å². The Hall–Kier alpha value is -1.95. The summed E-state index contributed by atoms with van der Waals surface area (Å²) < 4.78 is 0. The van der Waals surface area contributed by atoms with Crippen LogP contribution in [0.2, 0.25) is 0 Å². The Morgan fingerprint density at radius 3 is 2.79 bits per heavy atom. The second-order valence-corrected chi connectivity index (χ2v) is 4.68. The van der Waals surface area contributed by atoms with Gasteiger partial charge in [-0.1, -0.05) is 6.07 Å². The lowest BCUT2D eigenvalue weighted by molar-refractivity contribution is -0.132. The van der Waals surface area contributed by atoms with Crippen LogP contribution in [-0.4, -0.2) is 36.4 Å². The summed E-state index contributed by atoms with van der Waals surface area (Å²) >= 11 is 0. The molecule has 1 aliphatic rings. The van der Waals surface area contributed by atoms with Crippen LogP contribution in [0.1, 0.15) is 25.5 Å². The molecule has 1 aromatic heterocycles. The standard InChI is InChI=1S/C13H18N4O2/c1-8(14-3)10-4-5-11(15-6-10)17-7-12(18)16-13(19)9(17)2/h4-6,8-9,14H,7H2,1-3H3,(H,16,18,19). The van der Waals surface area contributed by atoms with E-state index < -0.39 is 6.04 Å². The molecule has 6 heteroatoms. The highest BCUT2D eigenvalue weighted by molar-refractivity contribution is 6.04. The zero-order valence-electron chi connectivity index (χ0n) is 11.3. The summed E-state index contributed by atoms with van der Waals surface area (Å²) in [6, 6.07) is 3.61. The summed E-state index contributed by atoms with van der Waals surface area (Å²) in [5.74, 6) is 0.0611. The molecule has 0 radical (unpaired) electrons. The summed E-state index contributed by atoms with van der Waals surface area (Å²) in [5, 5.41) is 5.44. The van der Waals surface area contributed by atoms with Crippen molar-refractivity contribution in [3.63, 3.8) is 0 Å². The fourth-order valence-corrected chi connectivity index (χ4v) is 1.98. The average molecular weight is 262 g/mol. The molecule has 102 valence electrons. The highest BCUT2D eigenvalue weighted by atomic mass is 16.2. The van der Waals surface area contributed by atoms with Crippen molar-refractivity contribution in [3.8, 4) is 0 Å². The lowest BCUT2D eigenvalue weighted by Crippen LogP contribution is -2.57. The average Bonchev–Trinajstić information content (AvgIpc) is 2.42. The van der Waals surface area contributed by atoms with Crippen LogP contribution in [-0.2, 0) is 9.59 Å². The van der Waals surface area contributed by atoms with Crippen LogP contribution in [0.15, 0.2) is 18.3 Å². The number of aromatic nitrogens is 1. The molecule has 6 nitrogen and oxygen atoms in total. The molecule has 2 amide bonds. The van der Waals surface area contributed by atoms with Gasteiger partial charge in [0.2, 0.25) is 11.8 Å². The van der Waals surface area contributed by atoms with Crippen molar-refractivity contribution in [3.05, 3.63) is 23.9 Å². The van der Waals surface area contributed by atoms with E-state index in [1.165, 1.54) is 0 Å². The van der Waals surface area contributed by atoms with E-state index in [4.69, 9.17) is 0 Å². The van der Waals surface area contributed by atoms with Crippen molar-refractivity contribution in [1.82, 2.24) is 15.6 Å². The molecule has 0 spiro atoms. The summed E-state index contributed by atoms with van der Waals surface area (Å²) in [7, 11) is 1.88. The molecular formula is C13H18N4O2. The molecule has 1 aromatic rings. The highest BCUT2D eigenvalue weighted by Crippen LogP contribution is 2.19. The first-order valence-electron chi connectivity index (χ1n) is 6.26. The van der Waals surface area contributed by atoms with E-state index in [1.54, 1.807) is 18.0 Å². The fourth-order valence-electron chi connectivity index (χ4n) is 1.98. The Labute approximate surface area is 112 Å². The fraction of sp³-hybridized carbons (Fsp3) is 0.462. The second kappa shape index (κ2) is 5.36. The van der Waals surface area contributed by atoms with Gasteiger partial charge < -0.3 is 10.2 Å². The monoisotopic (exact) mass is 262 g/mol.